The number of rotatable bonds is 26. The molecule has 0 saturated heterocycles. The minimum atomic E-state index is -3.66. The molecule has 2 amide bonds. The van der Waals surface area contributed by atoms with Gasteiger partial charge in [-0.3, -0.25) is 18.9 Å². The number of carboxylic acid groups (broad SMARTS) is 1. The van der Waals surface area contributed by atoms with E-state index in [4.69, 9.17) is 18.5 Å². The Morgan fingerprint density at radius 1 is 0.913 bits per heavy atom. The Hall–Kier alpha value is -2.95. The number of carboxylic acids is 1. The number of aryl methyl sites for hydroxylation is 1. The van der Waals surface area contributed by atoms with Crippen LogP contribution in [-0.4, -0.2) is 86.5 Å². The van der Waals surface area contributed by atoms with E-state index >= 15 is 0 Å². The topological polar surface area (TPSA) is 158 Å². The van der Waals surface area contributed by atoms with Crippen molar-refractivity contribution in [2.24, 2.45) is 0 Å². The van der Waals surface area contributed by atoms with Crippen LogP contribution in [0, 0.1) is 0 Å². The van der Waals surface area contributed by atoms with Crippen molar-refractivity contribution < 1.29 is 47.4 Å². The van der Waals surface area contributed by atoms with Gasteiger partial charge in [-0.15, -0.1) is 0 Å². The first-order chi connectivity index (χ1) is 22.0. The zero-order valence-electron chi connectivity index (χ0n) is 28.3. The zero-order valence-corrected chi connectivity index (χ0v) is 29.2. The van der Waals surface area contributed by atoms with Gasteiger partial charge >= 0.3 is 19.5 Å². The van der Waals surface area contributed by atoms with Crippen LogP contribution in [0.3, 0.4) is 0 Å². The molecule has 0 spiro atoms. The van der Waals surface area contributed by atoms with E-state index in [1.54, 1.807) is 26.0 Å². The summed E-state index contributed by atoms with van der Waals surface area (Å²) in [6.45, 7) is 5.05. The van der Waals surface area contributed by atoms with Gasteiger partial charge in [0.05, 0.1) is 39.3 Å². The summed E-state index contributed by atoms with van der Waals surface area (Å²) in [4.78, 5) is 50.5. The summed E-state index contributed by atoms with van der Waals surface area (Å²) in [5, 5.41) is 12.4. The second-order valence-corrected chi connectivity index (χ2v) is 13.3. The SMILES string of the molecule is CCCCCCCCCCCCc1ccc(C(=O)O)c(OC[C@H](CC(=O)OC)NC(=O)CN(C)C(=O)CP(=O)(OCC)OCC)c1. The molecule has 13 heteroatoms. The minimum Gasteiger partial charge on any atom is -0.491 e. The van der Waals surface area contributed by atoms with Crippen molar-refractivity contribution in [2.75, 3.05) is 46.7 Å². The number of carbonyl (C=O) groups is 4. The van der Waals surface area contributed by atoms with Gasteiger partial charge in [-0.25, -0.2) is 4.79 Å². The summed E-state index contributed by atoms with van der Waals surface area (Å²) < 4.78 is 33.6. The molecule has 0 aliphatic heterocycles. The zero-order chi connectivity index (χ0) is 34.4. The normalized spacial score (nSPS) is 11.9. The lowest BCUT2D eigenvalue weighted by atomic mass is 10.0. The molecule has 46 heavy (non-hydrogen) atoms. The standard InChI is InChI=1S/C33H55N2O10P/c1-6-9-10-11-12-13-14-15-16-17-18-26-19-20-28(33(39)40)29(21-26)43-24-27(22-32(38)42-5)34-30(36)23-35(4)31(37)25-46(41,44-7-2)45-8-3/h19-21,27H,6-18,22-25H2,1-5H3,(H,34,36)(H,39,40)/t27-/m0/s1. The predicted octanol–water partition coefficient (Wildman–Crippen LogP) is 6.00. The average molecular weight is 671 g/mol. The van der Waals surface area contributed by atoms with E-state index in [0.29, 0.717) is 0 Å². The second kappa shape index (κ2) is 23.4. The van der Waals surface area contributed by atoms with Crippen molar-refractivity contribution in [3.05, 3.63) is 29.3 Å². The third-order valence-electron chi connectivity index (χ3n) is 7.33. The van der Waals surface area contributed by atoms with E-state index in [1.165, 1.54) is 71.6 Å². The number of amides is 2. The van der Waals surface area contributed by atoms with Crippen molar-refractivity contribution >= 4 is 31.3 Å². The van der Waals surface area contributed by atoms with E-state index in [2.05, 4.69) is 12.2 Å². The summed E-state index contributed by atoms with van der Waals surface area (Å²) in [6, 6.07) is 4.09. The molecule has 0 aliphatic rings. The van der Waals surface area contributed by atoms with Crippen LogP contribution in [0.4, 0.5) is 0 Å². The van der Waals surface area contributed by atoms with Gasteiger partial charge in [0.15, 0.2) is 0 Å². The minimum absolute atomic E-state index is 0.0340. The Morgan fingerprint density at radius 2 is 1.50 bits per heavy atom. The lowest BCUT2D eigenvalue weighted by Crippen LogP contribution is -2.46. The van der Waals surface area contributed by atoms with Crippen LogP contribution in [0.15, 0.2) is 18.2 Å². The molecular weight excluding hydrogens is 615 g/mol. The number of benzene rings is 1. The molecular formula is C33H55N2O10P. The van der Waals surface area contributed by atoms with Gasteiger partial charge in [0.1, 0.15) is 24.1 Å². The molecule has 0 heterocycles. The van der Waals surface area contributed by atoms with Gasteiger partial charge in [0.2, 0.25) is 11.8 Å². The van der Waals surface area contributed by atoms with Crippen LogP contribution in [0.5, 0.6) is 5.75 Å². The third kappa shape index (κ3) is 17.1. The maximum absolute atomic E-state index is 12.8. The molecule has 262 valence electrons. The van der Waals surface area contributed by atoms with Gasteiger partial charge < -0.3 is 33.8 Å². The van der Waals surface area contributed by atoms with E-state index in [1.807, 2.05) is 0 Å². The van der Waals surface area contributed by atoms with Crippen LogP contribution in [0.1, 0.15) is 107 Å². The number of hydrogen-bond donors (Lipinski definition) is 2. The number of carbonyl (C=O) groups excluding carboxylic acids is 3. The fourth-order valence-electron chi connectivity index (χ4n) is 4.85. The van der Waals surface area contributed by atoms with Gasteiger partial charge in [0.25, 0.3) is 0 Å². The van der Waals surface area contributed by atoms with Crippen molar-refractivity contribution in [1.29, 1.82) is 0 Å². The molecule has 0 saturated carbocycles. The fourth-order valence-corrected chi connectivity index (χ4v) is 6.46. The highest BCUT2D eigenvalue weighted by molar-refractivity contribution is 7.54. The Morgan fingerprint density at radius 3 is 2.04 bits per heavy atom. The van der Waals surface area contributed by atoms with Crippen molar-refractivity contribution in [1.82, 2.24) is 10.2 Å². The van der Waals surface area contributed by atoms with E-state index in [-0.39, 0.29) is 37.6 Å². The van der Waals surface area contributed by atoms with Crippen LogP contribution < -0.4 is 10.1 Å². The predicted molar refractivity (Wildman–Crippen MR) is 176 cm³/mol. The third-order valence-corrected chi connectivity index (χ3v) is 9.29. The Balaban J connectivity index is 2.78. The summed E-state index contributed by atoms with van der Waals surface area (Å²) in [7, 11) is -1.07. The van der Waals surface area contributed by atoms with E-state index in [0.717, 1.165) is 29.7 Å². The number of aromatic carboxylic acids is 1. The highest BCUT2D eigenvalue weighted by atomic mass is 31.2. The average Bonchev–Trinajstić information content (AvgIpc) is 3.00. The molecule has 0 unspecified atom stereocenters. The summed E-state index contributed by atoms with van der Waals surface area (Å²) in [6.07, 6.45) is 12.2. The highest BCUT2D eigenvalue weighted by Crippen LogP contribution is 2.47. The van der Waals surface area contributed by atoms with E-state index < -0.39 is 50.1 Å². The number of hydrogen-bond acceptors (Lipinski definition) is 9. The van der Waals surface area contributed by atoms with Crippen LogP contribution in [0.25, 0.3) is 0 Å². The molecule has 0 aliphatic carbocycles. The van der Waals surface area contributed by atoms with Crippen LogP contribution in [-0.2, 0) is 39.2 Å². The number of esters is 1. The van der Waals surface area contributed by atoms with Gasteiger partial charge in [-0.1, -0.05) is 70.8 Å². The van der Waals surface area contributed by atoms with Gasteiger partial charge in [0, 0.05) is 7.05 Å². The molecule has 12 nitrogen and oxygen atoms in total. The fraction of sp³-hybridized carbons (Fsp3) is 0.697. The lowest BCUT2D eigenvalue weighted by molar-refractivity contribution is -0.142. The first-order valence-corrected chi connectivity index (χ1v) is 18.2. The smallest absolute Gasteiger partial charge is 0.340 e. The quantitative estimate of drug-likeness (QED) is 0.0681. The molecule has 0 radical (unpaired) electrons. The first kappa shape index (κ1) is 41.1. The number of ether oxygens (including phenoxy) is 2. The Kier molecular flexibility index (Phi) is 20.9. The second-order valence-electron chi connectivity index (χ2n) is 11.3. The number of likely N-dealkylation sites (N-methyl/N-ethyl adjacent to an activating group) is 1. The Labute approximate surface area is 274 Å². The highest BCUT2D eigenvalue weighted by Gasteiger charge is 2.30. The van der Waals surface area contributed by atoms with Crippen molar-refractivity contribution in [2.45, 2.75) is 104 Å². The van der Waals surface area contributed by atoms with Crippen molar-refractivity contribution in [3.63, 3.8) is 0 Å². The number of methoxy groups -OCH3 is 1. The van der Waals surface area contributed by atoms with Crippen molar-refractivity contribution in [3.8, 4) is 5.75 Å². The molecule has 0 aromatic heterocycles. The molecule has 1 aromatic carbocycles. The molecule has 1 rings (SSSR count). The monoisotopic (exact) mass is 670 g/mol. The number of nitrogens with one attached hydrogen (secondary N) is 1. The van der Waals surface area contributed by atoms with Gasteiger partial charge in [-0.2, -0.15) is 0 Å². The maximum Gasteiger partial charge on any atom is 0.340 e. The first-order valence-electron chi connectivity index (χ1n) is 16.5. The van der Waals surface area contributed by atoms with Gasteiger partial charge in [-0.05, 0) is 44.4 Å². The van der Waals surface area contributed by atoms with E-state index in [9.17, 15) is 28.8 Å². The molecule has 2 N–H and O–H groups in total. The summed E-state index contributed by atoms with van der Waals surface area (Å²) in [5.74, 6) is -2.86. The lowest BCUT2D eigenvalue weighted by Gasteiger charge is -2.23. The van der Waals surface area contributed by atoms with Crippen LogP contribution in [0.2, 0.25) is 0 Å². The summed E-state index contributed by atoms with van der Waals surface area (Å²) in [5.41, 5.74) is 0.901. The molecule has 1 atom stereocenters. The Bertz CT molecular complexity index is 1120. The number of nitrogens with zero attached hydrogens (tertiary/aromatic N) is 1. The molecule has 0 fully saturated rings. The van der Waals surface area contributed by atoms with Crippen LogP contribution >= 0.6 is 7.60 Å². The largest absolute Gasteiger partial charge is 0.491 e. The molecule has 1 aromatic rings. The maximum atomic E-state index is 12.8. The summed E-state index contributed by atoms with van der Waals surface area (Å²) >= 11 is 0. The number of unbranched alkanes of at least 4 members (excludes halogenated alkanes) is 9. The molecule has 0 bridgehead atoms.